The quantitative estimate of drug-likeness (QED) is 0.873. The van der Waals surface area contributed by atoms with Crippen LogP contribution in [-0.2, 0) is 4.79 Å². The van der Waals surface area contributed by atoms with Crippen molar-refractivity contribution in [2.75, 3.05) is 11.9 Å². The molecule has 1 aromatic rings. The second-order valence-corrected chi connectivity index (χ2v) is 5.01. The summed E-state index contributed by atoms with van der Waals surface area (Å²) >= 11 is 0. The van der Waals surface area contributed by atoms with Gasteiger partial charge in [-0.15, -0.1) is 0 Å². The highest BCUT2D eigenvalue weighted by atomic mass is 16.3. The normalized spacial score (nSPS) is 22.5. The lowest BCUT2D eigenvalue weighted by molar-refractivity contribution is -0.123. The fourth-order valence-electron chi connectivity index (χ4n) is 2.63. The molecule has 2 N–H and O–H groups in total. The molecular weight excluding hydrogens is 240 g/mol. The molecular formula is C15H18N2O2. The summed E-state index contributed by atoms with van der Waals surface area (Å²) in [4.78, 5) is 12.2. The van der Waals surface area contributed by atoms with Gasteiger partial charge in [0.1, 0.15) is 0 Å². The Balaban J connectivity index is 2.01. The molecule has 4 heteroatoms. The zero-order valence-electron chi connectivity index (χ0n) is 10.8. The summed E-state index contributed by atoms with van der Waals surface area (Å²) in [5.74, 6) is -0.0509. The number of aliphatic hydroxyl groups excluding tert-OH is 1. The SMILES string of the molecule is N#Cc1ccc(NC(=O)C2CCCCC2CO)cc1. The van der Waals surface area contributed by atoms with Gasteiger partial charge in [0.25, 0.3) is 0 Å². The molecule has 0 heterocycles. The van der Waals surface area contributed by atoms with Crippen molar-refractivity contribution >= 4 is 11.6 Å². The van der Waals surface area contributed by atoms with Gasteiger partial charge in [-0.3, -0.25) is 4.79 Å². The summed E-state index contributed by atoms with van der Waals surface area (Å²) in [6, 6.07) is 8.86. The molecule has 4 nitrogen and oxygen atoms in total. The highest BCUT2D eigenvalue weighted by Gasteiger charge is 2.30. The number of benzene rings is 1. The van der Waals surface area contributed by atoms with Crippen LogP contribution >= 0.6 is 0 Å². The number of hydrogen-bond donors (Lipinski definition) is 2. The van der Waals surface area contributed by atoms with Crippen molar-refractivity contribution in [1.29, 1.82) is 5.26 Å². The van der Waals surface area contributed by atoms with Crippen molar-refractivity contribution in [3.8, 4) is 6.07 Å². The van der Waals surface area contributed by atoms with Crippen LogP contribution in [0.15, 0.2) is 24.3 Å². The molecule has 0 spiro atoms. The van der Waals surface area contributed by atoms with E-state index in [0.29, 0.717) is 11.3 Å². The first-order valence-electron chi connectivity index (χ1n) is 6.66. The van der Waals surface area contributed by atoms with Crippen molar-refractivity contribution in [1.82, 2.24) is 0 Å². The molecule has 0 radical (unpaired) electrons. The zero-order valence-corrected chi connectivity index (χ0v) is 10.8. The lowest BCUT2D eigenvalue weighted by Crippen LogP contribution is -2.33. The second-order valence-electron chi connectivity index (χ2n) is 5.01. The summed E-state index contributed by atoms with van der Waals surface area (Å²) in [6.07, 6.45) is 3.89. The molecule has 1 fully saturated rings. The third kappa shape index (κ3) is 3.33. The average molecular weight is 258 g/mol. The molecule has 0 aromatic heterocycles. The number of anilines is 1. The van der Waals surface area contributed by atoms with Crippen molar-refractivity contribution in [3.05, 3.63) is 29.8 Å². The summed E-state index contributed by atoms with van der Waals surface area (Å²) in [5, 5.41) is 20.9. The molecule has 100 valence electrons. The van der Waals surface area contributed by atoms with Gasteiger partial charge in [-0.2, -0.15) is 5.26 Å². The minimum absolute atomic E-state index is 0.0246. The van der Waals surface area contributed by atoms with E-state index in [0.717, 1.165) is 25.7 Å². The van der Waals surface area contributed by atoms with Gasteiger partial charge in [-0.1, -0.05) is 12.8 Å². The maximum absolute atomic E-state index is 12.2. The number of carbonyl (C=O) groups is 1. The van der Waals surface area contributed by atoms with Gasteiger partial charge in [-0.25, -0.2) is 0 Å². The maximum Gasteiger partial charge on any atom is 0.227 e. The topological polar surface area (TPSA) is 73.1 Å². The van der Waals surface area contributed by atoms with Gasteiger partial charge in [0.2, 0.25) is 5.91 Å². The number of carbonyl (C=O) groups excluding carboxylic acids is 1. The number of hydrogen-bond acceptors (Lipinski definition) is 3. The molecule has 0 aliphatic heterocycles. The van der Waals surface area contributed by atoms with E-state index in [9.17, 15) is 9.90 Å². The fraction of sp³-hybridized carbons (Fsp3) is 0.467. The Morgan fingerprint density at radius 2 is 2.00 bits per heavy atom. The lowest BCUT2D eigenvalue weighted by Gasteiger charge is -2.29. The summed E-state index contributed by atoms with van der Waals surface area (Å²) in [6.45, 7) is 0.0749. The lowest BCUT2D eigenvalue weighted by atomic mass is 9.79. The van der Waals surface area contributed by atoms with Crippen LogP contribution in [0.25, 0.3) is 0 Å². The average Bonchev–Trinajstić information content (AvgIpc) is 2.48. The third-order valence-electron chi connectivity index (χ3n) is 3.76. The van der Waals surface area contributed by atoms with E-state index in [4.69, 9.17) is 5.26 Å². The van der Waals surface area contributed by atoms with E-state index >= 15 is 0 Å². The summed E-state index contributed by atoms with van der Waals surface area (Å²) in [7, 11) is 0. The molecule has 19 heavy (non-hydrogen) atoms. The zero-order chi connectivity index (χ0) is 13.7. The van der Waals surface area contributed by atoms with Gasteiger partial charge in [0.05, 0.1) is 11.6 Å². The van der Waals surface area contributed by atoms with Gasteiger partial charge in [0, 0.05) is 18.2 Å². The molecule has 1 saturated carbocycles. The van der Waals surface area contributed by atoms with E-state index in [1.165, 1.54) is 0 Å². The Morgan fingerprint density at radius 1 is 1.32 bits per heavy atom. The van der Waals surface area contributed by atoms with Gasteiger partial charge < -0.3 is 10.4 Å². The van der Waals surface area contributed by atoms with Crippen molar-refractivity contribution in [2.24, 2.45) is 11.8 Å². The standard InChI is InChI=1S/C15H18N2O2/c16-9-11-5-7-13(8-6-11)17-15(19)14-4-2-1-3-12(14)10-18/h5-8,12,14,18H,1-4,10H2,(H,17,19). The van der Waals surface area contributed by atoms with E-state index in [1.54, 1.807) is 24.3 Å². The number of nitrogens with zero attached hydrogens (tertiary/aromatic N) is 1. The summed E-state index contributed by atoms with van der Waals surface area (Å²) < 4.78 is 0. The summed E-state index contributed by atoms with van der Waals surface area (Å²) in [5.41, 5.74) is 1.27. The van der Waals surface area contributed by atoms with E-state index < -0.39 is 0 Å². The Morgan fingerprint density at radius 3 is 2.63 bits per heavy atom. The van der Waals surface area contributed by atoms with Crippen LogP contribution in [-0.4, -0.2) is 17.6 Å². The largest absolute Gasteiger partial charge is 0.396 e. The van der Waals surface area contributed by atoms with Crippen LogP contribution in [0.5, 0.6) is 0 Å². The van der Waals surface area contributed by atoms with E-state index in [2.05, 4.69) is 5.32 Å². The molecule has 1 aliphatic rings. The number of aliphatic hydroxyl groups is 1. The van der Waals surface area contributed by atoms with Crippen molar-refractivity contribution in [3.63, 3.8) is 0 Å². The van der Waals surface area contributed by atoms with Crippen molar-refractivity contribution in [2.45, 2.75) is 25.7 Å². The predicted octanol–water partition coefficient (Wildman–Crippen LogP) is 2.30. The molecule has 2 atom stereocenters. The molecule has 1 aromatic carbocycles. The molecule has 1 amide bonds. The molecule has 0 bridgehead atoms. The molecule has 1 aliphatic carbocycles. The Bertz CT molecular complexity index is 476. The Hall–Kier alpha value is -1.86. The molecule has 2 unspecified atom stereocenters. The molecule has 2 rings (SSSR count). The number of amides is 1. The van der Waals surface area contributed by atoms with E-state index in [1.807, 2.05) is 6.07 Å². The first-order chi connectivity index (χ1) is 9.24. The smallest absolute Gasteiger partial charge is 0.227 e. The van der Waals surface area contributed by atoms with Crippen LogP contribution in [0.2, 0.25) is 0 Å². The fourth-order valence-corrected chi connectivity index (χ4v) is 2.63. The van der Waals surface area contributed by atoms with Crippen LogP contribution in [0.4, 0.5) is 5.69 Å². The molecule has 0 saturated heterocycles. The minimum Gasteiger partial charge on any atom is -0.396 e. The highest BCUT2D eigenvalue weighted by Crippen LogP contribution is 2.30. The first kappa shape index (κ1) is 13.6. The van der Waals surface area contributed by atoms with Gasteiger partial charge in [-0.05, 0) is 43.0 Å². The predicted molar refractivity (Wildman–Crippen MR) is 72.3 cm³/mol. The monoisotopic (exact) mass is 258 g/mol. The minimum atomic E-state index is -0.102. The van der Waals surface area contributed by atoms with Crippen LogP contribution in [0, 0.1) is 23.2 Å². The highest BCUT2D eigenvalue weighted by molar-refractivity contribution is 5.92. The Labute approximate surface area is 113 Å². The maximum atomic E-state index is 12.2. The second kappa shape index (κ2) is 6.35. The van der Waals surface area contributed by atoms with E-state index in [-0.39, 0.29) is 24.3 Å². The number of nitrogens with one attached hydrogen (secondary N) is 1. The van der Waals surface area contributed by atoms with Crippen LogP contribution < -0.4 is 5.32 Å². The van der Waals surface area contributed by atoms with Gasteiger partial charge >= 0.3 is 0 Å². The number of nitriles is 1. The van der Waals surface area contributed by atoms with Crippen LogP contribution in [0.3, 0.4) is 0 Å². The third-order valence-corrected chi connectivity index (χ3v) is 3.76. The van der Waals surface area contributed by atoms with Crippen LogP contribution in [0.1, 0.15) is 31.2 Å². The Kier molecular flexibility index (Phi) is 4.53. The van der Waals surface area contributed by atoms with Gasteiger partial charge in [0.15, 0.2) is 0 Å². The number of rotatable bonds is 3. The van der Waals surface area contributed by atoms with Crippen molar-refractivity contribution < 1.29 is 9.90 Å². The first-order valence-corrected chi connectivity index (χ1v) is 6.66.